The van der Waals surface area contributed by atoms with Crippen LogP contribution in [0.4, 0.5) is 10.1 Å². The number of nitrogens with zero attached hydrogens (tertiary/aromatic N) is 1. The monoisotopic (exact) mass is 155 g/mol. The predicted molar refractivity (Wildman–Crippen MR) is 43.2 cm³/mol. The first-order valence-electron chi connectivity index (χ1n) is 3.32. The summed E-state index contributed by atoms with van der Waals surface area (Å²) in [5.74, 6) is 0. The molecule has 2 rings (SSSR count). The van der Waals surface area contributed by atoms with Gasteiger partial charge in [-0.05, 0) is 12.8 Å². The van der Waals surface area contributed by atoms with Gasteiger partial charge in [0, 0.05) is 6.04 Å². The third kappa shape index (κ3) is 1.21. The summed E-state index contributed by atoms with van der Waals surface area (Å²) in [6.45, 7) is 0. The highest BCUT2D eigenvalue weighted by Gasteiger charge is 2.21. The second-order valence-corrected chi connectivity index (χ2v) is 3.55. The Kier molecular flexibility index (Phi) is 1.27. The van der Waals surface area contributed by atoms with Crippen LogP contribution in [-0.4, -0.2) is 11.0 Å². The van der Waals surface area contributed by atoms with Crippen molar-refractivity contribution >= 4 is 21.5 Å². The van der Waals surface area contributed by atoms with Gasteiger partial charge in [-0.2, -0.15) is 0 Å². The molecule has 54 valence electrons. The summed E-state index contributed by atoms with van der Waals surface area (Å²) < 4.78 is 0. The van der Waals surface area contributed by atoms with Crippen LogP contribution in [0.1, 0.15) is 12.8 Å². The van der Waals surface area contributed by atoms with E-state index < -0.39 is 0 Å². The number of rotatable bonds is 2. The van der Waals surface area contributed by atoms with Gasteiger partial charge in [0.25, 0.3) is 0 Å². The zero-order valence-electron chi connectivity index (χ0n) is 5.50. The van der Waals surface area contributed by atoms with Gasteiger partial charge in [-0.3, -0.25) is 0 Å². The van der Waals surface area contributed by atoms with Crippen molar-refractivity contribution in [3.63, 3.8) is 0 Å². The number of aromatic nitrogens is 1. The smallest absolute Gasteiger partial charge is 0.184 e. The fraction of sp³-hybridized carbons (Fsp3) is 0.500. The fourth-order valence-corrected chi connectivity index (χ4v) is 1.42. The first kappa shape index (κ1) is 5.97. The van der Waals surface area contributed by atoms with Crippen LogP contribution >= 0.6 is 11.3 Å². The van der Waals surface area contributed by atoms with Gasteiger partial charge in [-0.1, -0.05) is 11.3 Å². The van der Waals surface area contributed by atoms with Gasteiger partial charge in [0.1, 0.15) is 5.00 Å². The lowest BCUT2D eigenvalue weighted by molar-refractivity contribution is 1.14. The van der Waals surface area contributed by atoms with Crippen LogP contribution in [0.15, 0.2) is 6.20 Å². The van der Waals surface area contributed by atoms with E-state index in [0.717, 1.165) is 10.1 Å². The normalized spacial score (nSPS) is 17.2. The quantitative estimate of drug-likeness (QED) is 0.676. The standard InChI is InChI=1S/C6H9N3S/c7-5-3-8-6(10-5)9-4-1-2-4/h3-4H,1-2,7H2,(H,8,9). The summed E-state index contributed by atoms with van der Waals surface area (Å²) in [5.41, 5.74) is 5.49. The number of nitrogen functional groups attached to an aromatic ring is 1. The molecule has 0 atom stereocenters. The number of hydrogen-bond donors (Lipinski definition) is 2. The molecule has 3 N–H and O–H groups in total. The highest BCUT2D eigenvalue weighted by Crippen LogP contribution is 2.27. The number of thiazole rings is 1. The van der Waals surface area contributed by atoms with E-state index in [-0.39, 0.29) is 0 Å². The lowest BCUT2D eigenvalue weighted by atomic mass is 10.7. The van der Waals surface area contributed by atoms with Crippen LogP contribution in [0.3, 0.4) is 0 Å². The molecule has 0 aromatic carbocycles. The Morgan fingerprint density at radius 2 is 2.50 bits per heavy atom. The van der Waals surface area contributed by atoms with Gasteiger partial charge in [0.2, 0.25) is 0 Å². The maximum atomic E-state index is 5.49. The van der Waals surface area contributed by atoms with Gasteiger partial charge in [0.05, 0.1) is 6.20 Å². The molecule has 10 heavy (non-hydrogen) atoms. The first-order valence-corrected chi connectivity index (χ1v) is 4.14. The summed E-state index contributed by atoms with van der Waals surface area (Å²) in [6, 6.07) is 0.672. The molecule has 0 spiro atoms. The maximum absolute atomic E-state index is 5.49. The minimum absolute atomic E-state index is 0.672. The Balaban J connectivity index is 2.03. The lowest BCUT2D eigenvalue weighted by Gasteiger charge is -1.94. The maximum Gasteiger partial charge on any atom is 0.184 e. The van der Waals surface area contributed by atoms with Crippen LogP contribution < -0.4 is 11.1 Å². The molecule has 1 aromatic rings. The molecule has 0 radical (unpaired) electrons. The molecule has 1 heterocycles. The van der Waals surface area contributed by atoms with Gasteiger partial charge in [0.15, 0.2) is 5.13 Å². The molecule has 3 nitrogen and oxygen atoms in total. The molecule has 0 amide bonds. The topological polar surface area (TPSA) is 50.9 Å². The van der Waals surface area contributed by atoms with E-state index in [1.807, 2.05) is 0 Å². The van der Waals surface area contributed by atoms with Gasteiger partial charge >= 0.3 is 0 Å². The molecule has 0 bridgehead atoms. The van der Waals surface area contributed by atoms with E-state index >= 15 is 0 Å². The second-order valence-electron chi connectivity index (χ2n) is 2.49. The number of anilines is 2. The highest BCUT2D eigenvalue weighted by atomic mass is 32.1. The number of hydrogen-bond acceptors (Lipinski definition) is 4. The van der Waals surface area contributed by atoms with Crippen molar-refractivity contribution in [2.45, 2.75) is 18.9 Å². The Bertz CT molecular complexity index is 229. The van der Waals surface area contributed by atoms with E-state index in [9.17, 15) is 0 Å². The van der Waals surface area contributed by atoms with Crippen molar-refractivity contribution in [3.05, 3.63) is 6.20 Å². The zero-order valence-corrected chi connectivity index (χ0v) is 6.32. The summed E-state index contributed by atoms with van der Waals surface area (Å²) in [5, 5.41) is 5.00. The summed E-state index contributed by atoms with van der Waals surface area (Å²) in [4.78, 5) is 4.08. The van der Waals surface area contributed by atoms with Crippen molar-refractivity contribution < 1.29 is 0 Å². The van der Waals surface area contributed by atoms with Gasteiger partial charge in [-0.25, -0.2) is 4.98 Å². The predicted octanol–water partition coefficient (Wildman–Crippen LogP) is 1.30. The van der Waals surface area contributed by atoms with E-state index in [2.05, 4.69) is 10.3 Å². The minimum Gasteiger partial charge on any atom is -0.389 e. The lowest BCUT2D eigenvalue weighted by Crippen LogP contribution is -1.98. The zero-order chi connectivity index (χ0) is 6.97. The third-order valence-corrected chi connectivity index (χ3v) is 2.19. The summed E-state index contributed by atoms with van der Waals surface area (Å²) >= 11 is 1.51. The average Bonchev–Trinajstić information content (AvgIpc) is 2.59. The van der Waals surface area contributed by atoms with Crippen LogP contribution in [0.25, 0.3) is 0 Å². The van der Waals surface area contributed by atoms with Crippen molar-refractivity contribution in [3.8, 4) is 0 Å². The largest absolute Gasteiger partial charge is 0.389 e. The third-order valence-electron chi connectivity index (χ3n) is 1.43. The van der Waals surface area contributed by atoms with Gasteiger partial charge in [-0.15, -0.1) is 0 Å². The van der Waals surface area contributed by atoms with E-state index in [1.54, 1.807) is 6.20 Å². The first-order chi connectivity index (χ1) is 4.84. The van der Waals surface area contributed by atoms with Crippen LogP contribution in [-0.2, 0) is 0 Å². The minimum atomic E-state index is 0.672. The molecule has 1 aromatic heterocycles. The van der Waals surface area contributed by atoms with Gasteiger partial charge < -0.3 is 11.1 Å². The van der Waals surface area contributed by atoms with Crippen molar-refractivity contribution in [2.24, 2.45) is 0 Å². The van der Waals surface area contributed by atoms with Crippen molar-refractivity contribution in [1.82, 2.24) is 4.98 Å². The molecule has 0 saturated heterocycles. The molecule has 1 fully saturated rings. The number of nitrogens with one attached hydrogen (secondary N) is 1. The summed E-state index contributed by atoms with van der Waals surface area (Å²) in [6.07, 6.45) is 4.24. The SMILES string of the molecule is Nc1cnc(NC2CC2)s1. The summed E-state index contributed by atoms with van der Waals surface area (Å²) in [7, 11) is 0. The van der Waals surface area contributed by atoms with E-state index in [4.69, 9.17) is 5.73 Å². The Hall–Kier alpha value is -0.770. The highest BCUT2D eigenvalue weighted by molar-refractivity contribution is 7.19. The molecule has 0 unspecified atom stereocenters. The molecular weight excluding hydrogens is 146 g/mol. The van der Waals surface area contributed by atoms with Crippen LogP contribution in [0.5, 0.6) is 0 Å². The van der Waals surface area contributed by atoms with E-state index in [0.29, 0.717) is 6.04 Å². The molecule has 1 aliphatic rings. The molecule has 4 heteroatoms. The fourth-order valence-electron chi connectivity index (χ4n) is 0.756. The average molecular weight is 155 g/mol. The Morgan fingerprint density at radius 3 is 3.00 bits per heavy atom. The Morgan fingerprint density at radius 1 is 1.70 bits per heavy atom. The molecule has 0 aliphatic heterocycles. The molecule has 1 aliphatic carbocycles. The number of nitrogens with two attached hydrogens (primary N) is 1. The van der Waals surface area contributed by atoms with E-state index in [1.165, 1.54) is 24.2 Å². The van der Waals surface area contributed by atoms with Crippen molar-refractivity contribution in [1.29, 1.82) is 0 Å². The second kappa shape index (κ2) is 2.12. The molecular formula is C6H9N3S. The Labute approximate surface area is 63.3 Å². The van der Waals surface area contributed by atoms with Crippen LogP contribution in [0, 0.1) is 0 Å². The van der Waals surface area contributed by atoms with Crippen molar-refractivity contribution in [2.75, 3.05) is 11.1 Å². The van der Waals surface area contributed by atoms with Crippen LogP contribution in [0.2, 0.25) is 0 Å². The molecule has 1 saturated carbocycles.